The van der Waals surface area contributed by atoms with Gasteiger partial charge in [-0.05, 0) is 49.6 Å². The number of thioether (sulfide) groups is 1. The van der Waals surface area contributed by atoms with E-state index in [1.165, 1.54) is 29.9 Å². The summed E-state index contributed by atoms with van der Waals surface area (Å²) in [6.07, 6.45) is 3.57. The summed E-state index contributed by atoms with van der Waals surface area (Å²) in [6.45, 7) is 2.64. The molecule has 0 radical (unpaired) electrons. The molecule has 4 heteroatoms. The number of ether oxygens (including phenoxy) is 2. The second-order valence-corrected chi connectivity index (χ2v) is 6.50. The topological polar surface area (TPSA) is 30.5 Å². The normalized spacial score (nSPS) is 22.7. The molecule has 2 atom stereocenters. The zero-order valence-corrected chi connectivity index (χ0v) is 12.2. The first-order valence-corrected chi connectivity index (χ1v) is 8.19. The van der Waals surface area contributed by atoms with Gasteiger partial charge < -0.3 is 14.8 Å². The number of hydrogen-bond acceptors (Lipinski definition) is 4. The molecular formula is C15H21NO2S. The lowest BCUT2D eigenvalue weighted by atomic mass is 10.0. The summed E-state index contributed by atoms with van der Waals surface area (Å²) < 4.78 is 10.7. The van der Waals surface area contributed by atoms with Gasteiger partial charge in [0.05, 0.1) is 0 Å². The van der Waals surface area contributed by atoms with Crippen molar-refractivity contribution in [1.82, 2.24) is 5.32 Å². The minimum Gasteiger partial charge on any atom is -0.454 e. The van der Waals surface area contributed by atoms with E-state index in [2.05, 4.69) is 36.1 Å². The molecule has 0 spiro atoms. The highest BCUT2D eigenvalue weighted by molar-refractivity contribution is 7.99. The van der Waals surface area contributed by atoms with Crippen molar-refractivity contribution in [3.8, 4) is 11.5 Å². The molecule has 3 nitrogen and oxygen atoms in total. The van der Waals surface area contributed by atoms with Crippen LogP contribution in [0.5, 0.6) is 11.5 Å². The van der Waals surface area contributed by atoms with E-state index in [0.717, 1.165) is 24.0 Å². The largest absolute Gasteiger partial charge is 0.454 e. The molecular weight excluding hydrogens is 258 g/mol. The Labute approximate surface area is 119 Å². The minimum absolute atomic E-state index is 0.357. The lowest BCUT2D eigenvalue weighted by Gasteiger charge is -2.18. The number of hydrogen-bond donors (Lipinski definition) is 1. The highest BCUT2D eigenvalue weighted by Gasteiger charge is 2.17. The monoisotopic (exact) mass is 279 g/mol. The van der Waals surface area contributed by atoms with Gasteiger partial charge in [-0.3, -0.25) is 0 Å². The molecule has 19 heavy (non-hydrogen) atoms. The van der Waals surface area contributed by atoms with Gasteiger partial charge in [0, 0.05) is 17.8 Å². The average molecular weight is 279 g/mol. The summed E-state index contributed by atoms with van der Waals surface area (Å²) >= 11 is 2.06. The molecule has 1 saturated heterocycles. The third-order valence-electron chi connectivity index (χ3n) is 3.75. The molecule has 0 aliphatic carbocycles. The van der Waals surface area contributed by atoms with E-state index in [9.17, 15) is 0 Å². The third-order valence-corrected chi connectivity index (χ3v) is 4.92. The quantitative estimate of drug-likeness (QED) is 0.898. The highest BCUT2D eigenvalue weighted by Crippen LogP contribution is 2.32. The van der Waals surface area contributed by atoms with E-state index in [1.54, 1.807) is 0 Å². The van der Waals surface area contributed by atoms with Gasteiger partial charge in [-0.2, -0.15) is 11.8 Å². The summed E-state index contributed by atoms with van der Waals surface area (Å²) in [5.41, 5.74) is 1.33. The number of rotatable bonds is 5. The first-order chi connectivity index (χ1) is 9.31. The van der Waals surface area contributed by atoms with Crippen LogP contribution in [-0.2, 0) is 6.42 Å². The number of fused-ring (bicyclic) bond motifs is 1. The van der Waals surface area contributed by atoms with Crippen LogP contribution in [-0.4, -0.2) is 30.4 Å². The van der Waals surface area contributed by atoms with Crippen LogP contribution >= 0.6 is 11.8 Å². The second-order valence-electron chi connectivity index (χ2n) is 5.35. The van der Waals surface area contributed by atoms with Gasteiger partial charge >= 0.3 is 0 Å². The molecule has 1 aromatic rings. The molecule has 104 valence electrons. The van der Waals surface area contributed by atoms with Gasteiger partial charge in [-0.15, -0.1) is 0 Å². The molecule has 1 fully saturated rings. The van der Waals surface area contributed by atoms with Crippen LogP contribution in [0, 0.1) is 0 Å². The maximum Gasteiger partial charge on any atom is 0.231 e. The number of benzene rings is 1. The predicted molar refractivity (Wildman–Crippen MR) is 79.2 cm³/mol. The number of nitrogens with one attached hydrogen (secondary N) is 1. The van der Waals surface area contributed by atoms with Crippen LogP contribution in [0.4, 0.5) is 0 Å². The molecule has 0 aromatic heterocycles. The van der Waals surface area contributed by atoms with Crippen LogP contribution in [0.3, 0.4) is 0 Å². The second kappa shape index (κ2) is 6.06. The summed E-state index contributed by atoms with van der Waals surface area (Å²) in [4.78, 5) is 0. The molecule has 2 aliphatic heterocycles. The van der Waals surface area contributed by atoms with Gasteiger partial charge in [0.25, 0.3) is 0 Å². The average Bonchev–Trinajstić information content (AvgIpc) is 3.06. The fraction of sp³-hybridized carbons (Fsp3) is 0.600. The van der Waals surface area contributed by atoms with Gasteiger partial charge in [0.2, 0.25) is 6.79 Å². The zero-order valence-electron chi connectivity index (χ0n) is 11.4. The molecule has 0 bridgehead atoms. The van der Waals surface area contributed by atoms with Crippen molar-refractivity contribution in [1.29, 1.82) is 0 Å². The Hall–Kier alpha value is -0.870. The summed E-state index contributed by atoms with van der Waals surface area (Å²) in [5.74, 6) is 4.35. The van der Waals surface area contributed by atoms with Gasteiger partial charge in [0.15, 0.2) is 11.5 Å². The first kappa shape index (κ1) is 13.1. The van der Waals surface area contributed by atoms with Crippen molar-refractivity contribution < 1.29 is 9.47 Å². The predicted octanol–water partition coefficient (Wildman–Crippen LogP) is 2.83. The fourth-order valence-electron chi connectivity index (χ4n) is 2.63. The maximum atomic E-state index is 5.41. The lowest BCUT2D eigenvalue weighted by molar-refractivity contribution is 0.174. The molecule has 2 aliphatic rings. The molecule has 2 heterocycles. The van der Waals surface area contributed by atoms with E-state index in [4.69, 9.17) is 9.47 Å². The van der Waals surface area contributed by atoms with E-state index in [-0.39, 0.29) is 0 Å². The Balaban J connectivity index is 1.48. The van der Waals surface area contributed by atoms with Crippen molar-refractivity contribution in [2.75, 3.05) is 18.3 Å². The smallest absolute Gasteiger partial charge is 0.231 e. The molecule has 1 N–H and O–H groups in total. The Morgan fingerprint density at radius 1 is 1.37 bits per heavy atom. The molecule has 2 unspecified atom stereocenters. The maximum absolute atomic E-state index is 5.41. The third kappa shape index (κ3) is 3.37. The molecule has 0 amide bonds. The zero-order chi connectivity index (χ0) is 13.1. The minimum atomic E-state index is 0.357. The Morgan fingerprint density at radius 3 is 3.11 bits per heavy atom. The molecule has 3 rings (SSSR count). The first-order valence-electron chi connectivity index (χ1n) is 7.03. The van der Waals surface area contributed by atoms with Crippen molar-refractivity contribution in [3.63, 3.8) is 0 Å². The van der Waals surface area contributed by atoms with Crippen LogP contribution < -0.4 is 14.8 Å². The standard InChI is InChI=1S/C15H21NO2S/c1-11(16-13-6-7-19-9-13)2-3-12-4-5-14-15(8-12)18-10-17-14/h4-5,8,11,13,16H,2-3,6-7,9-10H2,1H3. The van der Waals surface area contributed by atoms with Gasteiger partial charge in [-0.25, -0.2) is 0 Å². The summed E-state index contributed by atoms with van der Waals surface area (Å²) in [7, 11) is 0. The summed E-state index contributed by atoms with van der Waals surface area (Å²) in [5, 5.41) is 3.72. The van der Waals surface area contributed by atoms with Gasteiger partial charge in [-0.1, -0.05) is 6.07 Å². The van der Waals surface area contributed by atoms with Crippen LogP contribution in [0.25, 0.3) is 0 Å². The Bertz CT molecular complexity index is 432. The molecule has 1 aromatic carbocycles. The number of aryl methyl sites for hydroxylation is 1. The van der Waals surface area contributed by atoms with E-state index < -0.39 is 0 Å². The van der Waals surface area contributed by atoms with E-state index in [1.807, 2.05) is 6.07 Å². The Morgan fingerprint density at radius 2 is 2.26 bits per heavy atom. The lowest BCUT2D eigenvalue weighted by Crippen LogP contribution is -2.36. The van der Waals surface area contributed by atoms with Crippen LogP contribution in [0.1, 0.15) is 25.3 Å². The Kier molecular flexibility index (Phi) is 4.18. The van der Waals surface area contributed by atoms with E-state index >= 15 is 0 Å². The van der Waals surface area contributed by atoms with E-state index in [0.29, 0.717) is 12.8 Å². The van der Waals surface area contributed by atoms with Gasteiger partial charge in [0.1, 0.15) is 0 Å². The van der Waals surface area contributed by atoms with Crippen LogP contribution in [0.2, 0.25) is 0 Å². The highest BCUT2D eigenvalue weighted by atomic mass is 32.2. The summed E-state index contributed by atoms with van der Waals surface area (Å²) in [6, 6.07) is 7.57. The van der Waals surface area contributed by atoms with Crippen molar-refractivity contribution in [2.45, 2.75) is 38.3 Å². The fourth-order valence-corrected chi connectivity index (χ4v) is 3.80. The van der Waals surface area contributed by atoms with Crippen molar-refractivity contribution in [2.24, 2.45) is 0 Å². The molecule has 0 saturated carbocycles. The van der Waals surface area contributed by atoms with Crippen molar-refractivity contribution >= 4 is 11.8 Å². The SMILES string of the molecule is CC(CCc1ccc2c(c1)OCO2)NC1CCSC1. The van der Waals surface area contributed by atoms with Crippen LogP contribution in [0.15, 0.2) is 18.2 Å². The van der Waals surface area contributed by atoms with Crippen molar-refractivity contribution in [3.05, 3.63) is 23.8 Å².